The summed E-state index contributed by atoms with van der Waals surface area (Å²) in [6.07, 6.45) is 1.12. The molecule has 0 unspecified atom stereocenters. The molecule has 3 nitrogen and oxygen atoms in total. The third kappa shape index (κ3) is 1.25. The molecule has 0 atom stereocenters. The summed E-state index contributed by atoms with van der Waals surface area (Å²) in [5, 5.41) is 9.78. The van der Waals surface area contributed by atoms with Crippen molar-refractivity contribution in [2.45, 2.75) is 19.8 Å². The van der Waals surface area contributed by atoms with E-state index in [1.54, 1.807) is 12.1 Å². The number of phenolic OH excluding ortho intramolecular Hbond substituents is 1. The zero-order chi connectivity index (χ0) is 10.1. The van der Waals surface area contributed by atoms with Gasteiger partial charge in [0.25, 0.3) is 0 Å². The highest BCUT2D eigenvalue weighted by molar-refractivity contribution is 6.01. The molecule has 0 aliphatic heterocycles. The number of ketones is 1. The Labute approximate surface area is 82.3 Å². The van der Waals surface area contributed by atoms with Crippen LogP contribution in [-0.2, 0) is 6.42 Å². The van der Waals surface area contributed by atoms with Crippen molar-refractivity contribution in [1.82, 2.24) is 0 Å². The molecule has 74 valence electrons. The summed E-state index contributed by atoms with van der Waals surface area (Å²) < 4.78 is 5.24. The lowest BCUT2D eigenvalue weighted by atomic mass is 10.1. The maximum absolute atomic E-state index is 11.3. The van der Waals surface area contributed by atoms with Gasteiger partial charge in [0.2, 0.25) is 0 Å². The van der Waals surface area contributed by atoms with E-state index in [2.05, 4.69) is 0 Å². The molecule has 1 aliphatic rings. The molecule has 2 rings (SSSR count). The first-order valence-electron chi connectivity index (χ1n) is 4.75. The Morgan fingerprint density at radius 1 is 1.43 bits per heavy atom. The van der Waals surface area contributed by atoms with Gasteiger partial charge in [0.15, 0.2) is 17.3 Å². The third-order valence-electron chi connectivity index (χ3n) is 2.45. The van der Waals surface area contributed by atoms with Crippen molar-refractivity contribution in [3.05, 3.63) is 23.3 Å². The van der Waals surface area contributed by atoms with Gasteiger partial charge in [-0.3, -0.25) is 4.79 Å². The molecular formula is C11H12O3. The van der Waals surface area contributed by atoms with E-state index in [1.807, 2.05) is 6.92 Å². The number of phenols is 1. The molecular weight excluding hydrogens is 180 g/mol. The predicted octanol–water partition coefficient (Wildman–Crippen LogP) is 1.92. The van der Waals surface area contributed by atoms with Crippen LogP contribution < -0.4 is 4.74 Å². The number of rotatable bonds is 2. The van der Waals surface area contributed by atoms with Gasteiger partial charge < -0.3 is 9.84 Å². The molecule has 0 saturated heterocycles. The summed E-state index contributed by atoms with van der Waals surface area (Å²) in [5.74, 6) is 0.717. The second-order valence-electron chi connectivity index (χ2n) is 3.29. The SMILES string of the molecule is CCOc1ccc2c(c1O)CCC2=O. The van der Waals surface area contributed by atoms with Crippen LogP contribution in [0.4, 0.5) is 0 Å². The first kappa shape index (κ1) is 9.06. The second-order valence-corrected chi connectivity index (χ2v) is 3.29. The smallest absolute Gasteiger partial charge is 0.163 e. The number of benzene rings is 1. The van der Waals surface area contributed by atoms with Gasteiger partial charge >= 0.3 is 0 Å². The highest BCUT2D eigenvalue weighted by atomic mass is 16.5. The van der Waals surface area contributed by atoms with E-state index in [1.165, 1.54) is 0 Å². The Bertz CT molecular complexity index is 382. The van der Waals surface area contributed by atoms with Gasteiger partial charge in [-0.25, -0.2) is 0 Å². The van der Waals surface area contributed by atoms with Crippen LogP contribution in [0.25, 0.3) is 0 Å². The Balaban J connectivity index is 2.47. The number of fused-ring (bicyclic) bond motifs is 1. The fourth-order valence-electron chi connectivity index (χ4n) is 1.77. The van der Waals surface area contributed by atoms with Crippen molar-refractivity contribution in [2.75, 3.05) is 6.61 Å². The van der Waals surface area contributed by atoms with Crippen LogP contribution in [-0.4, -0.2) is 17.5 Å². The molecule has 1 aliphatic carbocycles. The molecule has 14 heavy (non-hydrogen) atoms. The molecule has 0 aromatic heterocycles. The Morgan fingerprint density at radius 2 is 2.21 bits per heavy atom. The van der Waals surface area contributed by atoms with E-state index >= 15 is 0 Å². The molecule has 0 radical (unpaired) electrons. The number of ether oxygens (including phenoxy) is 1. The van der Waals surface area contributed by atoms with Crippen molar-refractivity contribution < 1.29 is 14.6 Å². The summed E-state index contributed by atoms with van der Waals surface area (Å²) >= 11 is 0. The second kappa shape index (κ2) is 3.33. The average molecular weight is 192 g/mol. The van der Waals surface area contributed by atoms with Gasteiger partial charge in [-0.1, -0.05) is 0 Å². The average Bonchev–Trinajstić information content (AvgIpc) is 2.54. The minimum atomic E-state index is 0.110. The lowest BCUT2D eigenvalue weighted by molar-refractivity contribution is 0.0994. The van der Waals surface area contributed by atoms with E-state index in [-0.39, 0.29) is 11.5 Å². The Kier molecular flexibility index (Phi) is 2.15. The summed E-state index contributed by atoms with van der Waals surface area (Å²) in [5.41, 5.74) is 1.38. The summed E-state index contributed by atoms with van der Waals surface area (Å²) in [4.78, 5) is 11.3. The minimum Gasteiger partial charge on any atom is -0.504 e. The molecule has 0 bridgehead atoms. The predicted molar refractivity (Wildman–Crippen MR) is 51.9 cm³/mol. The van der Waals surface area contributed by atoms with Gasteiger partial charge in [0.05, 0.1) is 6.61 Å². The number of carbonyl (C=O) groups is 1. The molecule has 1 aromatic carbocycles. The zero-order valence-electron chi connectivity index (χ0n) is 8.04. The van der Waals surface area contributed by atoms with Gasteiger partial charge in [-0.15, -0.1) is 0 Å². The maximum atomic E-state index is 11.3. The quantitative estimate of drug-likeness (QED) is 0.778. The first-order valence-corrected chi connectivity index (χ1v) is 4.75. The maximum Gasteiger partial charge on any atom is 0.163 e. The van der Waals surface area contributed by atoms with Gasteiger partial charge in [-0.2, -0.15) is 0 Å². The Hall–Kier alpha value is -1.51. The topological polar surface area (TPSA) is 46.5 Å². The van der Waals surface area contributed by atoms with E-state index in [9.17, 15) is 9.90 Å². The van der Waals surface area contributed by atoms with Crippen molar-refractivity contribution in [3.63, 3.8) is 0 Å². The largest absolute Gasteiger partial charge is 0.504 e. The van der Waals surface area contributed by atoms with Crippen LogP contribution in [0.2, 0.25) is 0 Å². The van der Waals surface area contributed by atoms with Crippen molar-refractivity contribution >= 4 is 5.78 Å². The van der Waals surface area contributed by atoms with Crippen LogP contribution in [0.15, 0.2) is 12.1 Å². The first-order chi connectivity index (χ1) is 6.74. The van der Waals surface area contributed by atoms with Crippen molar-refractivity contribution in [3.8, 4) is 11.5 Å². The lowest BCUT2D eigenvalue weighted by Crippen LogP contribution is -1.95. The molecule has 0 amide bonds. The minimum absolute atomic E-state index is 0.110. The van der Waals surface area contributed by atoms with Crippen LogP contribution in [0, 0.1) is 0 Å². The van der Waals surface area contributed by atoms with E-state index in [0.29, 0.717) is 30.8 Å². The number of Topliss-reactive ketones (excluding diaryl/α,β-unsaturated/α-hetero) is 1. The lowest BCUT2D eigenvalue weighted by Gasteiger charge is -2.08. The zero-order valence-corrected chi connectivity index (χ0v) is 8.04. The fraction of sp³-hybridized carbons (Fsp3) is 0.364. The standard InChI is InChI=1S/C11H12O3/c1-2-14-10-6-4-7-8(11(10)13)3-5-9(7)12/h4,6,13H,2-3,5H2,1H3. The molecule has 0 heterocycles. The van der Waals surface area contributed by atoms with E-state index in [0.717, 1.165) is 5.56 Å². The van der Waals surface area contributed by atoms with Crippen molar-refractivity contribution in [1.29, 1.82) is 0 Å². The molecule has 0 fully saturated rings. The molecule has 1 aromatic rings. The van der Waals surface area contributed by atoms with E-state index < -0.39 is 0 Å². The molecule has 0 spiro atoms. The summed E-state index contributed by atoms with van der Waals surface area (Å²) in [7, 11) is 0. The highest BCUT2D eigenvalue weighted by Gasteiger charge is 2.24. The number of hydrogen-bond acceptors (Lipinski definition) is 3. The van der Waals surface area contributed by atoms with Gasteiger partial charge in [0, 0.05) is 17.5 Å². The summed E-state index contributed by atoms with van der Waals surface area (Å²) in [6, 6.07) is 3.39. The molecule has 0 saturated carbocycles. The van der Waals surface area contributed by atoms with Crippen molar-refractivity contribution in [2.24, 2.45) is 0 Å². The van der Waals surface area contributed by atoms with Gasteiger partial charge in [0.1, 0.15) is 0 Å². The molecule has 1 N–H and O–H groups in total. The number of hydrogen-bond donors (Lipinski definition) is 1. The van der Waals surface area contributed by atoms with Gasteiger partial charge in [-0.05, 0) is 25.5 Å². The highest BCUT2D eigenvalue weighted by Crippen LogP contribution is 2.37. The van der Waals surface area contributed by atoms with Crippen LogP contribution in [0.3, 0.4) is 0 Å². The monoisotopic (exact) mass is 192 g/mol. The van der Waals surface area contributed by atoms with Crippen LogP contribution >= 0.6 is 0 Å². The summed E-state index contributed by atoms with van der Waals surface area (Å²) in [6.45, 7) is 2.37. The molecule has 3 heteroatoms. The fourth-order valence-corrected chi connectivity index (χ4v) is 1.77. The normalized spacial score (nSPS) is 14.2. The van der Waals surface area contributed by atoms with Crippen LogP contribution in [0.5, 0.6) is 11.5 Å². The van der Waals surface area contributed by atoms with Crippen LogP contribution in [0.1, 0.15) is 29.3 Å². The Morgan fingerprint density at radius 3 is 2.93 bits per heavy atom. The number of aromatic hydroxyl groups is 1. The van der Waals surface area contributed by atoms with E-state index in [4.69, 9.17) is 4.74 Å². The third-order valence-corrected chi connectivity index (χ3v) is 2.45. The number of carbonyl (C=O) groups excluding carboxylic acids is 1.